The Labute approximate surface area is 113 Å². The van der Waals surface area contributed by atoms with E-state index in [0.29, 0.717) is 0 Å². The normalized spacial score (nSPS) is 22.7. The van der Waals surface area contributed by atoms with Crippen molar-refractivity contribution < 1.29 is 4.74 Å². The number of rotatable bonds is 3. The van der Waals surface area contributed by atoms with Crippen LogP contribution in [0.3, 0.4) is 0 Å². The molecule has 0 atom stereocenters. The van der Waals surface area contributed by atoms with Crippen LogP contribution in [0.2, 0.25) is 0 Å². The number of nitrogens with one attached hydrogen (secondary N) is 1. The third-order valence-electron chi connectivity index (χ3n) is 4.12. The van der Waals surface area contributed by atoms with E-state index in [4.69, 9.17) is 9.72 Å². The average molecular weight is 266 g/mol. The molecule has 3 nitrogen and oxygen atoms in total. The molecule has 100 valence electrons. The second-order valence-electron chi connectivity index (χ2n) is 5.32. The van der Waals surface area contributed by atoms with Gasteiger partial charge in [0.05, 0.1) is 11.2 Å². The van der Waals surface area contributed by atoms with Gasteiger partial charge in [0, 0.05) is 18.1 Å². The molecule has 2 aliphatic rings. The maximum absolute atomic E-state index is 5.53. The van der Waals surface area contributed by atoms with E-state index >= 15 is 0 Å². The van der Waals surface area contributed by atoms with Crippen LogP contribution in [0.4, 0.5) is 0 Å². The predicted molar refractivity (Wildman–Crippen MR) is 74.2 cm³/mol. The highest BCUT2D eigenvalue weighted by Crippen LogP contribution is 2.37. The molecule has 1 fully saturated rings. The molecule has 2 heterocycles. The van der Waals surface area contributed by atoms with Crippen LogP contribution < -0.4 is 5.32 Å². The molecule has 0 aromatic carbocycles. The SMILES string of the molecule is CCNC1(c2nc3c(s2)CCCC3)CCOCC1. The number of ether oxygens (including phenoxy) is 1. The van der Waals surface area contributed by atoms with Crippen molar-refractivity contribution in [2.45, 2.75) is 51.0 Å². The van der Waals surface area contributed by atoms with Gasteiger partial charge in [0.25, 0.3) is 0 Å². The van der Waals surface area contributed by atoms with Crippen molar-refractivity contribution in [3.05, 3.63) is 15.6 Å². The minimum absolute atomic E-state index is 0.0923. The molecule has 0 spiro atoms. The second-order valence-corrected chi connectivity index (χ2v) is 6.40. The highest BCUT2D eigenvalue weighted by atomic mass is 32.1. The van der Waals surface area contributed by atoms with Crippen LogP contribution in [-0.2, 0) is 23.1 Å². The van der Waals surface area contributed by atoms with Crippen LogP contribution in [0.15, 0.2) is 0 Å². The van der Waals surface area contributed by atoms with Crippen LogP contribution in [0.25, 0.3) is 0 Å². The largest absolute Gasteiger partial charge is 0.381 e. The van der Waals surface area contributed by atoms with Crippen molar-refractivity contribution in [2.24, 2.45) is 0 Å². The molecule has 4 heteroatoms. The summed E-state index contributed by atoms with van der Waals surface area (Å²) in [6, 6.07) is 0. The molecule has 0 unspecified atom stereocenters. The number of thiazole rings is 1. The van der Waals surface area contributed by atoms with Crippen molar-refractivity contribution in [1.29, 1.82) is 0 Å². The summed E-state index contributed by atoms with van der Waals surface area (Å²) in [6.07, 6.45) is 7.20. The quantitative estimate of drug-likeness (QED) is 0.913. The third kappa shape index (κ3) is 2.22. The summed E-state index contributed by atoms with van der Waals surface area (Å²) in [6.45, 7) is 4.91. The number of hydrogen-bond donors (Lipinski definition) is 1. The fourth-order valence-corrected chi connectivity index (χ4v) is 4.45. The Morgan fingerprint density at radius 1 is 1.28 bits per heavy atom. The zero-order valence-electron chi connectivity index (χ0n) is 11.1. The van der Waals surface area contributed by atoms with E-state index in [1.54, 1.807) is 4.88 Å². The Balaban J connectivity index is 1.91. The van der Waals surface area contributed by atoms with Crippen LogP contribution >= 0.6 is 11.3 Å². The van der Waals surface area contributed by atoms with Gasteiger partial charge >= 0.3 is 0 Å². The molecule has 1 aliphatic heterocycles. The summed E-state index contributed by atoms with van der Waals surface area (Å²) in [5, 5.41) is 5.01. The van der Waals surface area contributed by atoms with E-state index in [9.17, 15) is 0 Å². The molecule has 1 saturated heterocycles. The highest BCUT2D eigenvalue weighted by Gasteiger charge is 2.37. The summed E-state index contributed by atoms with van der Waals surface area (Å²) in [5.74, 6) is 0. The van der Waals surface area contributed by atoms with Crippen molar-refractivity contribution in [1.82, 2.24) is 10.3 Å². The van der Waals surface area contributed by atoms with Crippen molar-refractivity contribution in [2.75, 3.05) is 19.8 Å². The third-order valence-corrected chi connectivity index (χ3v) is 5.48. The zero-order valence-corrected chi connectivity index (χ0v) is 11.9. The number of nitrogens with zero attached hydrogens (tertiary/aromatic N) is 1. The maximum Gasteiger partial charge on any atom is 0.113 e. The summed E-state index contributed by atoms with van der Waals surface area (Å²) in [7, 11) is 0. The van der Waals surface area contributed by atoms with Gasteiger partial charge in [-0.15, -0.1) is 11.3 Å². The Morgan fingerprint density at radius 2 is 2.06 bits per heavy atom. The monoisotopic (exact) mass is 266 g/mol. The van der Waals surface area contributed by atoms with Gasteiger partial charge in [0.15, 0.2) is 0 Å². The molecule has 0 amide bonds. The molecule has 3 rings (SSSR count). The zero-order chi connectivity index (χ0) is 12.4. The second kappa shape index (κ2) is 5.27. The molecular formula is C14H22N2OS. The first-order chi connectivity index (χ1) is 8.84. The number of aryl methyl sites for hydroxylation is 2. The Hall–Kier alpha value is -0.450. The lowest BCUT2D eigenvalue weighted by Gasteiger charge is -2.36. The fraction of sp³-hybridized carbons (Fsp3) is 0.786. The van der Waals surface area contributed by atoms with Gasteiger partial charge in [-0.2, -0.15) is 0 Å². The van der Waals surface area contributed by atoms with Crippen LogP contribution in [0.1, 0.15) is 48.2 Å². The Kier molecular flexibility index (Phi) is 3.68. The van der Waals surface area contributed by atoms with E-state index in [-0.39, 0.29) is 5.54 Å². The molecule has 0 saturated carbocycles. The molecular weight excluding hydrogens is 244 g/mol. The lowest BCUT2D eigenvalue weighted by Crippen LogP contribution is -2.46. The Bertz CT molecular complexity index is 381. The first-order valence-corrected chi connectivity index (χ1v) is 7.97. The lowest BCUT2D eigenvalue weighted by atomic mass is 9.90. The van der Waals surface area contributed by atoms with E-state index < -0.39 is 0 Å². The summed E-state index contributed by atoms with van der Waals surface area (Å²) in [4.78, 5) is 6.51. The maximum atomic E-state index is 5.53. The smallest absolute Gasteiger partial charge is 0.113 e. The van der Waals surface area contributed by atoms with E-state index in [2.05, 4.69) is 12.2 Å². The van der Waals surface area contributed by atoms with Gasteiger partial charge in [-0.3, -0.25) is 0 Å². The predicted octanol–water partition coefficient (Wildman–Crippen LogP) is 2.64. The van der Waals surface area contributed by atoms with Gasteiger partial charge < -0.3 is 10.1 Å². The van der Waals surface area contributed by atoms with E-state index in [1.807, 2.05) is 11.3 Å². The number of fused-ring (bicyclic) bond motifs is 1. The Morgan fingerprint density at radius 3 is 2.78 bits per heavy atom. The first-order valence-electron chi connectivity index (χ1n) is 7.16. The van der Waals surface area contributed by atoms with Gasteiger partial charge in [-0.05, 0) is 45.1 Å². The van der Waals surface area contributed by atoms with E-state index in [0.717, 1.165) is 32.6 Å². The summed E-state index contributed by atoms with van der Waals surface area (Å²) >= 11 is 1.95. The van der Waals surface area contributed by atoms with Gasteiger partial charge in [-0.1, -0.05) is 6.92 Å². The highest BCUT2D eigenvalue weighted by molar-refractivity contribution is 7.11. The minimum Gasteiger partial charge on any atom is -0.381 e. The van der Waals surface area contributed by atoms with Gasteiger partial charge in [-0.25, -0.2) is 4.98 Å². The minimum atomic E-state index is 0.0923. The summed E-state index contributed by atoms with van der Waals surface area (Å²) < 4.78 is 5.53. The topological polar surface area (TPSA) is 34.2 Å². The van der Waals surface area contributed by atoms with Crippen LogP contribution in [-0.4, -0.2) is 24.7 Å². The molecule has 0 radical (unpaired) electrons. The van der Waals surface area contributed by atoms with Crippen LogP contribution in [0, 0.1) is 0 Å². The summed E-state index contributed by atoms with van der Waals surface area (Å²) in [5.41, 5.74) is 1.47. The van der Waals surface area contributed by atoms with Gasteiger partial charge in [0.2, 0.25) is 0 Å². The lowest BCUT2D eigenvalue weighted by molar-refractivity contribution is 0.0372. The number of aromatic nitrogens is 1. The van der Waals surface area contributed by atoms with Gasteiger partial charge in [0.1, 0.15) is 5.01 Å². The fourth-order valence-electron chi connectivity index (χ4n) is 3.08. The molecule has 1 aliphatic carbocycles. The molecule has 1 aromatic rings. The number of hydrogen-bond acceptors (Lipinski definition) is 4. The molecule has 1 N–H and O–H groups in total. The van der Waals surface area contributed by atoms with Crippen molar-refractivity contribution in [3.63, 3.8) is 0 Å². The van der Waals surface area contributed by atoms with Crippen LogP contribution in [0.5, 0.6) is 0 Å². The first kappa shape index (κ1) is 12.6. The molecule has 18 heavy (non-hydrogen) atoms. The molecule has 1 aromatic heterocycles. The van der Waals surface area contributed by atoms with E-state index in [1.165, 1.54) is 36.4 Å². The van der Waals surface area contributed by atoms with Crippen molar-refractivity contribution in [3.8, 4) is 0 Å². The standard InChI is InChI=1S/C14H22N2OS/c1-2-15-14(7-9-17-10-8-14)13-16-11-5-3-4-6-12(11)18-13/h15H,2-10H2,1H3. The molecule has 0 bridgehead atoms. The average Bonchev–Trinajstić information content (AvgIpc) is 2.84. The van der Waals surface area contributed by atoms with Crippen molar-refractivity contribution >= 4 is 11.3 Å².